The average Bonchev–Trinajstić information content (AvgIpc) is 1.96. The van der Waals surface area contributed by atoms with Crippen LogP contribution in [-0.2, 0) is 0 Å². The monoisotopic (exact) mass is 182 g/mol. The minimum Gasteiger partial charge on any atom is -0.305 e. The lowest BCUT2D eigenvalue weighted by molar-refractivity contribution is 0.211. The Hall–Kier alpha value is -0.550. The molecule has 1 atom stereocenters. The summed E-state index contributed by atoms with van der Waals surface area (Å²) in [7, 11) is 2.09. The van der Waals surface area contributed by atoms with E-state index < -0.39 is 0 Å². The van der Waals surface area contributed by atoms with Crippen LogP contribution in [0.4, 0.5) is 0 Å². The van der Waals surface area contributed by atoms with Gasteiger partial charge in [-0.1, -0.05) is 27.7 Å². The Morgan fingerprint density at radius 1 is 1.38 bits per heavy atom. The summed E-state index contributed by atoms with van der Waals surface area (Å²) in [5.74, 6) is 0.187. The Balaban J connectivity index is 3.87. The Bertz CT molecular complexity index is 174. The second-order valence-corrected chi connectivity index (χ2v) is 4.99. The third-order valence-corrected chi connectivity index (χ3v) is 1.95. The zero-order valence-corrected chi connectivity index (χ0v) is 9.59. The molecular weight excluding hydrogens is 160 g/mol. The fraction of sp³-hybridized carbons (Fsp3) is 0.909. The summed E-state index contributed by atoms with van der Waals surface area (Å²) in [5.41, 5.74) is 0.322. The van der Waals surface area contributed by atoms with Crippen molar-refractivity contribution in [2.45, 2.75) is 34.1 Å². The molecule has 2 nitrogen and oxygen atoms in total. The molecule has 0 radical (unpaired) electrons. The fourth-order valence-corrected chi connectivity index (χ4v) is 1.51. The molecule has 0 N–H and O–H groups in total. The van der Waals surface area contributed by atoms with Gasteiger partial charge in [0.1, 0.15) is 0 Å². The van der Waals surface area contributed by atoms with Crippen molar-refractivity contribution in [1.82, 2.24) is 4.90 Å². The third-order valence-electron chi connectivity index (χ3n) is 1.95. The van der Waals surface area contributed by atoms with E-state index in [0.29, 0.717) is 5.41 Å². The van der Waals surface area contributed by atoms with Gasteiger partial charge in [-0.15, -0.1) is 0 Å². The van der Waals surface area contributed by atoms with E-state index in [1.54, 1.807) is 0 Å². The molecular formula is C11H22N2. The Labute approximate surface area is 82.5 Å². The van der Waals surface area contributed by atoms with E-state index in [2.05, 4.69) is 45.7 Å². The van der Waals surface area contributed by atoms with E-state index >= 15 is 0 Å². The van der Waals surface area contributed by atoms with E-state index in [1.807, 2.05) is 0 Å². The summed E-state index contributed by atoms with van der Waals surface area (Å²) < 4.78 is 0. The van der Waals surface area contributed by atoms with Gasteiger partial charge in [0, 0.05) is 13.1 Å². The Kier molecular flexibility index (Phi) is 5.02. The van der Waals surface area contributed by atoms with Crippen molar-refractivity contribution in [2.75, 3.05) is 20.1 Å². The molecule has 2 heteroatoms. The van der Waals surface area contributed by atoms with Crippen LogP contribution in [0.3, 0.4) is 0 Å². The van der Waals surface area contributed by atoms with Crippen LogP contribution in [-0.4, -0.2) is 25.0 Å². The highest BCUT2D eigenvalue weighted by molar-refractivity contribution is 4.84. The van der Waals surface area contributed by atoms with Crippen molar-refractivity contribution < 1.29 is 0 Å². The first-order valence-electron chi connectivity index (χ1n) is 4.97. The largest absolute Gasteiger partial charge is 0.305 e. The summed E-state index contributed by atoms with van der Waals surface area (Å²) in [5, 5.41) is 8.80. The first kappa shape index (κ1) is 12.4. The van der Waals surface area contributed by atoms with Crippen molar-refractivity contribution in [2.24, 2.45) is 11.3 Å². The minimum atomic E-state index is 0.187. The van der Waals surface area contributed by atoms with Gasteiger partial charge in [0.25, 0.3) is 0 Å². The van der Waals surface area contributed by atoms with Gasteiger partial charge in [-0.2, -0.15) is 5.26 Å². The van der Waals surface area contributed by atoms with Crippen LogP contribution in [0.5, 0.6) is 0 Å². The average molecular weight is 182 g/mol. The molecule has 13 heavy (non-hydrogen) atoms. The van der Waals surface area contributed by atoms with Gasteiger partial charge in [-0.25, -0.2) is 0 Å². The number of hydrogen-bond acceptors (Lipinski definition) is 2. The molecule has 1 unspecified atom stereocenters. The van der Waals surface area contributed by atoms with Gasteiger partial charge in [-0.05, 0) is 18.9 Å². The molecule has 0 bridgehead atoms. The predicted molar refractivity (Wildman–Crippen MR) is 56.3 cm³/mol. The van der Waals surface area contributed by atoms with Crippen molar-refractivity contribution in [3.8, 4) is 6.07 Å². The van der Waals surface area contributed by atoms with Crippen molar-refractivity contribution >= 4 is 0 Å². The highest BCUT2D eigenvalue weighted by Crippen LogP contribution is 2.15. The molecule has 0 aliphatic rings. The maximum absolute atomic E-state index is 8.80. The minimum absolute atomic E-state index is 0.187. The lowest BCUT2D eigenvalue weighted by Crippen LogP contribution is -2.32. The molecule has 0 aromatic heterocycles. The number of nitrogens with zero attached hydrogens (tertiary/aromatic N) is 2. The zero-order valence-electron chi connectivity index (χ0n) is 9.59. The molecule has 0 aliphatic heterocycles. The lowest BCUT2D eigenvalue weighted by Gasteiger charge is -2.27. The van der Waals surface area contributed by atoms with Crippen molar-refractivity contribution in [3.63, 3.8) is 0 Å². The topological polar surface area (TPSA) is 27.0 Å². The first-order chi connectivity index (χ1) is 5.89. The van der Waals surface area contributed by atoms with Crippen LogP contribution in [0.25, 0.3) is 0 Å². The van der Waals surface area contributed by atoms with E-state index in [1.165, 1.54) is 0 Å². The molecule has 0 amide bonds. The maximum atomic E-state index is 8.80. The lowest BCUT2D eigenvalue weighted by atomic mass is 9.95. The van der Waals surface area contributed by atoms with E-state index in [-0.39, 0.29) is 5.92 Å². The Morgan fingerprint density at radius 3 is 2.23 bits per heavy atom. The summed E-state index contributed by atoms with van der Waals surface area (Å²) in [4.78, 5) is 2.25. The third kappa shape index (κ3) is 6.60. The van der Waals surface area contributed by atoms with Gasteiger partial charge in [0.2, 0.25) is 0 Å². The van der Waals surface area contributed by atoms with Gasteiger partial charge in [0.15, 0.2) is 0 Å². The van der Waals surface area contributed by atoms with Crippen molar-refractivity contribution in [1.29, 1.82) is 5.26 Å². The molecule has 0 saturated heterocycles. The second kappa shape index (κ2) is 5.24. The first-order valence-corrected chi connectivity index (χ1v) is 4.97. The number of hydrogen-bond donors (Lipinski definition) is 0. The highest BCUT2D eigenvalue weighted by Gasteiger charge is 2.15. The summed E-state index contributed by atoms with van der Waals surface area (Å²) in [6.07, 6.45) is 0.949. The number of rotatable bonds is 4. The predicted octanol–water partition coefficient (Wildman–Crippen LogP) is 2.51. The van der Waals surface area contributed by atoms with Crippen LogP contribution >= 0.6 is 0 Å². The standard InChI is InChI=1S/C11H22N2/c1-6-10(7-12)8-13(5)9-11(2,3)4/h10H,6,8-9H2,1-5H3. The van der Waals surface area contributed by atoms with Gasteiger partial charge < -0.3 is 4.90 Å². The van der Waals surface area contributed by atoms with E-state index in [4.69, 9.17) is 5.26 Å². The van der Waals surface area contributed by atoms with Crippen LogP contribution in [0.2, 0.25) is 0 Å². The van der Waals surface area contributed by atoms with Gasteiger partial charge in [0.05, 0.1) is 12.0 Å². The molecule has 0 rings (SSSR count). The van der Waals surface area contributed by atoms with Crippen LogP contribution in [0, 0.1) is 22.7 Å². The Morgan fingerprint density at radius 2 is 1.92 bits per heavy atom. The molecule has 0 heterocycles. The maximum Gasteiger partial charge on any atom is 0.0669 e. The smallest absolute Gasteiger partial charge is 0.0669 e. The molecule has 0 aliphatic carbocycles. The SMILES string of the molecule is CCC(C#N)CN(C)CC(C)(C)C. The zero-order chi connectivity index (χ0) is 10.5. The molecule has 0 aromatic rings. The van der Waals surface area contributed by atoms with Crippen LogP contribution in [0.15, 0.2) is 0 Å². The van der Waals surface area contributed by atoms with Crippen LogP contribution in [0.1, 0.15) is 34.1 Å². The highest BCUT2D eigenvalue weighted by atomic mass is 15.1. The van der Waals surface area contributed by atoms with E-state index in [0.717, 1.165) is 19.5 Å². The summed E-state index contributed by atoms with van der Waals surface area (Å²) in [6, 6.07) is 2.33. The summed E-state index contributed by atoms with van der Waals surface area (Å²) >= 11 is 0. The van der Waals surface area contributed by atoms with Gasteiger partial charge >= 0.3 is 0 Å². The quantitative estimate of drug-likeness (QED) is 0.668. The normalized spacial score (nSPS) is 14.2. The number of nitriles is 1. The van der Waals surface area contributed by atoms with Crippen molar-refractivity contribution in [3.05, 3.63) is 0 Å². The molecule has 0 spiro atoms. The molecule has 0 aromatic carbocycles. The molecule has 0 fully saturated rings. The second-order valence-electron chi connectivity index (χ2n) is 4.99. The summed E-state index contributed by atoms with van der Waals surface area (Å²) in [6.45, 7) is 10.7. The molecule has 76 valence electrons. The molecule has 0 saturated carbocycles. The fourth-order valence-electron chi connectivity index (χ4n) is 1.51. The van der Waals surface area contributed by atoms with Crippen LogP contribution < -0.4 is 0 Å². The van der Waals surface area contributed by atoms with E-state index in [9.17, 15) is 0 Å². The van der Waals surface area contributed by atoms with Gasteiger partial charge in [-0.3, -0.25) is 0 Å².